The van der Waals surface area contributed by atoms with Gasteiger partial charge < -0.3 is 14.8 Å². The van der Waals surface area contributed by atoms with E-state index in [1.807, 2.05) is 0 Å². The van der Waals surface area contributed by atoms with Gasteiger partial charge in [-0.15, -0.1) is 0 Å². The largest absolute Gasteiger partial charge is 0.495 e. The summed E-state index contributed by atoms with van der Waals surface area (Å²) in [6.45, 7) is 1.49. The second-order valence-corrected chi connectivity index (χ2v) is 6.14. The van der Waals surface area contributed by atoms with E-state index in [1.165, 1.54) is 14.0 Å². The molecule has 0 spiro atoms. The van der Waals surface area contributed by atoms with E-state index in [9.17, 15) is 9.59 Å². The van der Waals surface area contributed by atoms with Gasteiger partial charge in [-0.3, -0.25) is 9.59 Å². The highest BCUT2D eigenvalue weighted by molar-refractivity contribution is 6.31. The number of carbonyl (C=O) groups is 2. The molecule has 0 aliphatic carbocycles. The van der Waals surface area contributed by atoms with Crippen LogP contribution in [0, 0.1) is 0 Å². The van der Waals surface area contributed by atoms with E-state index >= 15 is 0 Å². The zero-order chi connectivity index (χ0) is 18.4. The Morgan fingerprint density at radius 2 is 1.72 bits per heavy atom. The van der Waals surface area contributed by atoms with Gasteiger partial charge in [0.25, 0.3) is 5.91 Å². The Hall–Kier alpha value is -2.24. The molecule has 0 radical (unpaired) electrons. The van der Waals surface area contributed by atoms with Crippen molar-refractivity contribution in [3.63, 3.8) is 0 Å². The first-order valence-electron chi connectivity index (χ1n) is 7.47. The minimum atomic E-state index is -0.969. The van der Waals surface area contributed by atoms with Crippen LogP contribution in [0.5, 0.6) is 5.75 Å². The van der Waals surface area contributed by atoms with Crippen LogP contribution in [0.25, 0.3) is 0 Å². The van der Waals surface area contributed by atoms with Gasteiger partial charge in [0.1, 0.15) is 5.75 Å². The van der Waals surface area contributed by atoms with Crippen molar-refractivity contribution in [3.8, 4) is 5.75 Å². The summed E-state index contributed by atoms with van der Waals surface area (Å²) in [5.41, 5.74) is 1.15. The van der Waals surface area contributed by atoms with E-state index < -0.39 is 18.0 Å². The van der Waals surface area contributed by atoms with Crippen molar-refractivity contribution in [1.82, 2.24) is 0 Å². The topological polar surface area (TPSA) is 64.6 Å². The Morgan fingerprint density at radius 1 is 1.08 bits per heavy atom. The normalized spacial score (nSPS) is 11.5. The molecule has 1 amide bonds. The highest BCUT2D eigenvalue weighted by atomic mass is 35.5. The third-order valence-electron chi connectivity index (χ3n) is 3.36. The van der Waals surface area contributed by atoms with Crippen LogP contribution >= 0.6 is 23.2 Å². The number of rotatable bonds is 6. The quantitative estimate of drug-likeness (QED) is 0.764. The minimum absolute atomic E-state index is 0.0509. The predicted molar refractivity (Wildman–Crippen MR) is 97.3 cm³/mol. The number of methoxy groups -OCH3 is 1. The number of halogens is 2. The number of amides is 1. The van der Waals surface area contributed by atoms with Crippen molar-refractivity contribution in [2.45, 2.75) is 19.4 Å². The molecule has 2 rings (SSSR count). The maximum absolute atomic E-state index is 12.2. The molecule has 25 heavy (non-hydrogen) atoms. The summed E-state index contributed by atoms with van der Waals surface area (Å²) < 4.78 is 10.3. The highest BCUT2D eigenvalue weighted by Gasteiger charge is 2.19. The van der Waals surface area contributed by atoms with Crippen LogP contribution in [0.1, 0.15) is 12.5 Å². The van der Waals surface area contributed by atoms with Crippen LogP contribution in [0.15, 0.2) is 42.5 Å². The van der Waals surface area contributed by atoms with Gasteiger partial charge in [-0.05, 0) is 42.8 Å². The van der Waals surface area contributed by atoms with Crippen LogP contribution in [-0.4, -0.2) is 25.1 Å². The molecule has 0 heterocycles. The van der Waals surface area contributed by atoms with Gasteiger partial charge in [0, 0.05) is 10.0 Å². The summed E-state index contributed by atoms with van der Waals surface area (Å²) in [5, 5.41) is 3.67. The first kappa shape index (κ1) is 19.1. The molecule has 0 aromatic heterocycles. The number of ether oxygens (including phenoxy) is 2. The maximum Gasteiger partial charge on any atom is 0.311 e. The lowest BCUT2D eigenvalue weighted by atomic mass is 10.1. The molecule has 2 aromatic rings. The summed E-state index contributed by atoms with van der Waals surface area (Å²) in [5.74, 6) is -0.537. The van der Waals surface area contributed by atoms with Crippen molar-refractivity contribution in [2.24, 2.45) is 0 Å². The van der Waals surface area contributed by atoms with Gasteiger partial charge in [-0.25, -0.2) is 0 Å². The molecule has 132 valence electrons. The SMILES string of the molecule is COc1ccc(Cl)cc1NC(=O)[C@H](C)OC(=O)Cc1ccc(Cl)cc1. The van der Waals surface area contributed by atoms with Crippen molar-refractivity contribution >= 4 is 40.8 Å². The van der Waals surface area contributed by atoms with Crippen LogP contribution in [0.3, 0.4) is 0 Å². The number of hydrogen-bond acceptors (Lipinski definition) is 4. The third kappa shape index (κ3) is 5.66. The Kier molecular flexibility index (Phi) is 6.67. The lowest BCUT2D eigenvalue weighted by Gasteiger charge is -2.15. The highest BCUT2D eigenvalue weighted by Crippen LogP contribution is 2.27. The average molecular weight is 382 g/mol. The van der Waals surface area contributed by atoms with Gasteiger partial charge in [-0.1, -0.05) is 35.3 Å². The number of carbonyl (C=O) groups excluding carboxylic acids is 2. The fourth-order valence-corrected chi connectivity index (χ4v) is 2.37. The van der Waals surface area contributed by atoms with Gasteiger partial charge in [-0.2, -0.15) is 0 Å². The lowest BCUT2D eigenvalue weighted by molar-refractivity contribution is -0.152. The molecule has 0 saturated heterocycles. The number of nitrogens with one attached hydrogen (secondary N) is 1. The van der Waals surface area contributed by atoms with Crippen LogP contribution in [0.4, 0.5) is 5.69 Å². The van der Waals surface area contributed by atoms with Crippen molar-refractivity contribution in [1.29, 1.82) is 0 Å². The van der Waals surface area contributed by atoms with E-state index in [-0.39, 0.29) is 6.42 Å². The number of benzene rings is 2. The second kappa shape index (κ2) is 8.74. The van der Waals surface area contributed by atoms with Gasteiger partial charge in [0.2, 0.25) is 0 Å². The standard InChI is InChI=1S/C18H17Cl2NO4/c1-11(25-17(22)9-12-3-5-13(19)6-4-12)18(23)21-15-10-14(20)7-8-16(15)24-2/h3-8,10-11H,9H2,1-2H3,(H,21,23)/t11-/m0/s1. The third-order valence-corrected chi connectivity index (χ3v) is 3.85. The lowest BCUT2D eigenvalue weighted by Crippen LogP contribution is -2.30. The van der Waals surface area contributed by atoms with Crippen molar-refractivity contribution in [3.05, 3.63) is 58.1 Å². The average Bonchev–Trinajstić information content (AvgIpc) is 2.57. The molecule has 0 bridgehead atoms. The first-order chi connectivity index (χ1) is 11.9. The van der Waals surface area contributed by atoms with Crippen molar-refractivity contribution < 1.29 is 19.1 Å². The molecule has 0 aliphatic rings. The van der Waals surface area contributed by atoms with Crippen LogP contribution in [-0.2, 0) is 20.7 Å². The van der Waals surface area contributed by atoms with Crippen molar-refractivity contribution in [2.75, 3.05) is 12.4 Å². The summed E-state index contributed by atoms with van der Waals surface area (Å²) >= 11 is 11.7. The first-order valence-corrected chi connectivity index (χ1v) is 8.23. The molecule has 7 heteroatoms. The number of hydrogen-bond donors (Lipinski definition) is 1. The molecular weight excluding hydrogens is 365 g/mol. The molecule has 1 atom stereocenters. The number of anilines is 1. The zero-order valence-electron chi connectivity index (χ0n) is 13.7. The summed E-state index contributed by atoms with van der Waals surface area (Å²) in [6, 6.07) is 11.7. The second-order valence-electron chi connectivity index (χ2n) is 5.27. The molecule has 0 saturated carbocycles. The summed E-state index contributed by atoms with van der Waals surface area (Å²) in [7, 11) is 1.48. The van der Waals surface area contributed by atoms with E-state index in [2.05, 4.69) is 5.32 Å². The molecule has 0 aliphatic heterocycles. The molecule has 1 N–H and O–H groups in total. The monoisotopic (exact) mass is 381 g/mol. The van der Waals surface area contributed by atoms with Gasteiger partial charge in [0.05, 0.1) is 19.2 Å². The van der Waals surface area contributed by atoms with E-state index in [1.54, 1.807) is 42.5 Å². The fourth-order valence-electron chi connectivity index (χ4n) is 2.07. The molecule has 2 aromatic carbocycles. The Labute approximate surface area is 155 Å². The Balaban J connectivity index is 1.94. The predicted octanol–water partition coefficient (Wildman–Crippen LogP) is 4.11. The van der Waals surface area contributed by atoms with Crippen LogP contribution < -0.4 is 10.1 Å². The van der Waals surface area contributed by atoms with E-state index in [4.69, 9.17) is 32.7 Å². The number of esters is 1. The minimum Gasteiger partial charge on any atom is -0.495 e. The maximum atomic E-state index is 12.2. The Morgan fingerprint density at radius 3 is 2.36 bits per heavy atom. The van der Waals surface area contributed by atoms with E-state index in [0.717, 1.165) is 5.56 Å². The molecule has 5 nitrogen and oxygen atoms in total. The van der Waals surface area contributed by atoms with Gasteiger partial charge >= 0.3 is 5.97 Å². The van der Waals surface area contributed by atoms with E-state index in [0.29, 0.717) is 21.5 Å². The molecule has 0 unspecified atom stereocenters. The molecular formula is C18H17Cl2NO4. The zero-order valence-corrected chi connectivity index (χ0v) is 15.2. The summed E-state index contributed by atoms with van der Waals surface area (Å²) in [6.07, 6.45) is -0.918. The molecule has 0 fully saturated rings. The fraction of sp³-hybridized carbons (Fsp3) is 0.222. The smallest absolute Gasteiger partial charge is 0.311 e. The summed E-state index contributed by atoms with van der Waals surface area (Å²) in [4.78, 5) is 24.2. The van der Waals surface area contributed by atoms with Crippen LogP contribution in [0.2, 0.25) is 10.0 Å². The Bertz CT molecular complexity index is 762. The van der Waals surface area contributed by atoms with Gasteiger partial charge in [0.15, 0.2) is 6.10 Å².